The topological polar surface area (TPSA) is 21.3 Å². The fraction of sp³-hybridized carbons (Fsp3) is 1.00. The molecule has 4 unspecified atom stereocenters. The first kappa shape index (κ1) is 15.8. The van der Waals surface area contributed by atoms with E-state index in [1.807, 2.05) is 0 Å². The molecule has 0 aliphatic heterocycles. The quantitative estimate of drug-likeness (QED) is 0.813. The lowest BCUT2D eigenvalue weighted by Crippen LogP contribution is -2.64. The standard InChI is InChI=1S/C19H35NO/c1-3-20-17-14-18(19(17)12-8-4-5-9-13-19)21-16-11-7-6-10-15(16)2/h15-18,20H,3-14H2,1-2H3. The van der Waals surface area contributed by atoms with Gasteiger partial charge in [-0.2, -0.15) is 0 Å². The molecule has 0 saturated heterocycles. The number of hydrogen-bond donors (Lipinski definition) is 1. The van der Waals surface area contributed by atoms with Crippen molar-refractivity contribution in [2.45, 2.75) is 103 Å². The van der Waals surface area contributed by atoms with E-state index in [9.17, 15) is 0 Å². The highest BCUT2D eigenvalue weighted by Gasteiger charge is 2.55. The first-order valence-corrected chi connectivity index (χ1v) is 9.65. The van der Waals surface area contributed by atoms with Crippen LogP contribution >= 0.6 is 0 Å². The molecule has 122 valence electrons. The summed E-state index contributed by atoms with van der Waals surface area (Å²) in [5, 5.41) is 3.77. The summed E-state index contributed by atoms with van der Waals surface area (Å²) in [4.78, 5) is 0. The molecule has 0 bridgehead atoms. The van der Waals surface area contributed by atoms with Crippen molar-refractivity contribution in [3.8, 4) is 0 Å². The predicted molar refractivity (Wildman–Crippen MR) is 88.5 cm³/mol. The summed E-state index contributed by atoms with van der Waals surface area (Å²) in [6.07, 6.45) is 16.3. The van der Waals surface area contributed by atoms with Crippen molar-refractivity contribution >= 4 is 0 Å². The highest BCUT2D eigenvalue weighted by molar-refractivity contribution is 5.08. The van der Waals surface area contributed by atoms with E-state index < -0.39 is 0 Å². The van der Waals surface area contributed by atoms with Gasteiger partial charge in [0.15, 0.2) is 0 Å². The Bertz CT molecular complexity index is 322. The normalized spacial score (nSPS) is 39.7. The smallest absolute Gasteiger partial charge is 0.0665 e. The number of ether oxygens (including phenoxy) is 1. The van der Waals surface area contributed by atoms with Crippen molar-refractivity contribution in [1.82, 2.24) is 5.32 Å². The van der Waals surface area contributed by atoms with Gasteiger partial charge in [-0.25, -0.2) is 0 Å². The molecule has 3 saturated carbocycles. The summed E-state index contributed by atoms with van der Waals surface area (Å²) in [6.45, 7) is 5.77. The second-order valence-corrected chi connectivity index (χ2v) is 7.92. The van der Waals surface area contributed by atoms with E-state index in [0.29, 0.717) is 17.6 Å². The van der Waals surface area contributed by atoms with Crippen molar-refractivity contribution in [1.29, 1.82) is 0 Å². The third kappa shape index (κ3) is 3.17. The van der Waals surface area contributed by atoms with Crippen LogP contribution in [0.25, 0.3) is 0 Å². The minimum atomic E-state index is 0.476. The zero-order chi connectivity index (χ0) is 14.7. The van der Waals surface area contributed by atoms with E-state index in [1.165, 1.54) is 70.6 Å². The van der Waals surface area contributed by atoms with E-state index >= 15 is 0 Å². The summed E-state index contributed by atoms with van der Waals surface area (Å²) < 4.78 is 6.72. The molecule has 2 heteroatoms. The van der Waals surface area contributed by atoms with Gasteiger partial charge in [-0.05, 0) is 44.6 Å². The Hall–Kier alpha value is -0.0800. The molecule has 0 aromatic rings. The van der Waals surface area contributed by atoms with E-state index in [0.717, 1.165) is 18.5 Å². The highest BCUT2D eigenvalue weighted by atomic mass is 16.5. The Balaban J connectivity index is 1.66. The predicted octanol–water partition coefficient (Wildman–Crippen LogP) is 4.67. The summed E-state index contributed by atoms with van der Waals surface area (Å²) in [6, 6.07) is 0.726. The molecule has 0 aromatic carbocycles. The molecule has 1 spiro atoms. The highest BCUT2D eigenvalue weighted by Crippen LogP contribution is 2.53. The Morgan fingerprint density at radius 1 is 1.00 bits per heavy atom. The van der Waals surface area contributed by atoms with Crippen LogP contribution in [-0.2, 0) is 4.74 Å². The van der Waals surface area contributed by atoms with E-state index in [4.69, 9.17) is 4.74 Å². The minimum absolute atomic E-state index is 0.476. The fourth-order valence-corrected chi connectivity index (χ4v) is 5.22. The van der Waals surface area contributed by atoms with Gasteiger partial charge in [-0.15, -0.1) is 0 Å². The van der Waals surface area contributed by atoms with Crippen LogP contribution in [0.5, 0.6) is 0 Å². The third-order valence-electron chi connectivity index (χ3n) is 6.64. The first-order valence-electron chi connectivity index (χ1n) is 9.65. The third-order valence-corrected chi connectivity index (χ3v) is 6.64. The van der Waals surface area contributed by atoms with Crippen molar-refractivity contribution in [3.63, 3.8) is 0 Å². The Kier molecular flexibility index (Phi) is 5.27. The van der Waals surface area contributed by atoms with Gasteiger partial charge in [-0.3, -0.25) is 0 Å². The van der Waals surface area contributed by atoms with Gasteiger partial charge in [0.25, 0.3) is 0 Å². The average molecular weight is 293 g/mol. The second kappa shape index (κ2) is 7.00. The summed E-state index contributed by atoms with van der Waals surface area (Å²) in [5.74, 6) is 0.778. The molecule has 3 rings (SSSR count). The maximum Gasteiger partial charge on any atom is 0.0665 e. The zero-order valence-electron chi connectivity index (χ0n) is 14.2. The molecule has 2 nitrogen and oxygen atoms in total. The second-order valence-electron chi connectivity index (χ2n) is 7.92. The van der Waals surface area contributed by atoms with Gasteiger partial charge in [0.1, 0.15) is 0 Å². The maximum atomic E-state index is 6.72. The van der Waals surface area contributed by atoms with E-state index in [2.05, 4.69) is 19.2 Å². The Morgan fingerprint density at radius 3 is 2.38 bits per heavy atom. The van der Waals surface area contributed by atoms with E-state index in [-0.39, 0.29) is 0 Å². The van der Waals surface area contributed by atoms with Gasteiger partial charge in [0, 0.05) is 11.5 Å². The lowest BCUT2D eigenvalue weighted by atomic mass is 9.57. The summed E-state index contributed by atoms with van der Waals surface area (Å²) >= 11 is 0. The van der Waals surface area contributed by atoms with Gasteiger partial charge in [0.05, 0.1) is 12.2 Å². The van der Waals surface area contributed by atoms with Gasteiger partial charge in [0.2, 0.25) is 0 Å². The number of nitrogens with one attached hydrogen (secondary N) is 1. The summed E-state index contributed by atoms with van der Waals surface area (Å²) in [7, 11) is 0. The molecule has 3 fully saturated rings. The number of rotatable bonds is 4. The molecular weight excluding hydrogens is 258 g/mol. The van der Waals surface area contributed by atoms with E-state index in [1.54, 1.807) is 0 Å². The van der Waals surface area contributed by atoms with Crippen molar-refractivity contribution < 1.29 is 4.74 Å². The van der Waals surface area contributed by atoms with Crippen molar-refractivity contribution in [2.24, 2.45) is 11.3 Å². The lowest BCUT2D eigenvalue weighted by Gasteiger charge is -2.57. The molecular formula is C19H35NO. The Morgan fingerprint density at radius 2 is 1.71 bits per heavy atom. The van der Waals surface area contributed by atoms with Crippen LogP contribution in [-0.4, -0.2) is 24.8 Å². The van der Waals surface area contributed by atoms with Crippen LogP contribution in [0, 0.1) is 11.3 Å². The summed E-state index contributed by atoms with van der Waals surface area (Å²) in [5.41, 5.74) is 0.476. The van der Waals surface area contributed by atoms with Crippen LogP contribution in [0.1, 0.15) is 84.5 Å². The van der Waals surface area contributed by atoms with Gasteiger partial charge < -0.3 is 10.1 Å². The average Bonchev–Trinajstić information content (AvgIpc) is 2.76. The molecule has 0 radical (unpaired) electrons. The SMILES string of the molecule is CCNC1CC(OC2CCCCC2C)C12CCCCCC2. The van der Waals surface area contributed by atoms with Crippen LogP contribution in [0.4, 0.5) is 0 Å². The largest absolute Gasteiger partial charge is 0.374 e. The monoisotopic (exact) mass is 293 g/mol. The fourth-order valence-electron chi connectivity index (χ4n) is 5.22. The van der Waals surface area contributed by atoms with Crippen LogP contribution in [0.15, 0.2) is 0 Å². The van der Waals surface area contributed by atoms with Gasteiger partial charge >= 0.3 is 0 Å². The van der Waals surface area contributed by atoms with Crippen LogP contribution in [0.2, 0.25) is 0 Å². The minimum Gasteiger partial charge on any atom is -0.374 e. The van der Waals surface area contributed by atoms with Crippen molar-refractivity contribution in [3.05, 3.63) is 0 Å². The van der Waals surface area contributed by atoms with Crippen LogP contribution < -0.4 is 5.32 Å². The van der Waals surface area contributed by atoms with Crippen molar-refractivity contribution in [2.75, 3.05) is 6.54 Å². The zero-order valence-corrected chi connectivity index (χ0v) is 14.2. The maximum absolute atomic E-state index is 6.72. The molecule has 0 aromatic heterocycles. The first-order chi connectivity index (χ1) is 10.3. The van der Waals surface area contributed by atoms with Crippen LogP contribution in [0.3, 0.4) is 0 Å². The molecule has 0 heterocycles. The molecule has 1 N–H and O–H groups in total. The molecule has 0 amide bonds. The number of hydrogen-bond acceptors (Lipinski definition) is 2. The molecule has 4 atom stereocenters. The van der Waals surface area contributed by atoms with Gasteiger partial charge in [-0.1, -0.05) is 52.4 Å². The molecule has 3 aliphatic carbocycles. The molecule has 3 aliphatic rings. The molecule has 21 heavy (non-hydrogen) atoms. The lowest BCUT2D eigenvalue weighted by molar-refractivity contribution is -0.184. The Labute approximate surface area is 131 Å².